The molecule has 176 valence electrons. The number of furan rings is 1. The molecule has 0 radical (unpaired) electrons. The van der Waals surface area contributed by atoms with Gasteiger partial charge in [0.25, 0.3) is 5.69 Å². The number of hydrogen-bond acceptors (Lipinski definition) is 6. The highest BCUT2D eigenvalue weighted by Gasteiger charge is 2.42. The molecule has 2 aromatic carbocycles. The van der Waals surface area contributed by atoms with Crippen molar-refractivity contribution in [1.29, 1.82) is 0 Å². The molecule has 1 N–H and O–H groups in total. The number of anilines is 1. The number of nitro groups is 1. The molecule has 0 aliphatic carbocycles. The average Bonchev–Trinajstić information content (AvgIpc) is 3.49. The van der Waals surface area contributed by atoms with Gasteiger partial charge in [0.1, 0.15) is 29.1 Å². The lowest BCUT2D eigenvalue weighted by atomic mass is 10.0. The number of non-ortho nitro benzene ring substituents is 1. The SMILES string of the molecule is COc1cc([N+](=O)[O-])ccc1-c1ccc([C@@H]2[C@@H](c3ccccn3)NC(=S)N2c2ccc(F)cc2)o1. The number of benzene rings is 2. The van der Waals surface area contributed by atoms with Crippen LogP contribution in [-0.2, 0) is 0 Å². The summed E-state index contributed by atoms with van der Waals surface area (Å²) in [5.41, 5.74) is 1.94. The maximum atomic E-state index is 13.6. The second-order valence-electron chi connectivity index (χ2n) is 7.82. The molecule has 2 aromatic heterocycles. The minimum absolute atomic E-state index is 0.0829. The molecule has 2 atom stereocenters. The van der Waals surface area contributed by atoms with Crippen molar-refractivity contribution in [3.8, 4) is 17.1 Å². The first kappa shape index (κ1) is 22.5. The Kier molecular flexibility index (Phi) is 5.87. The zero-order valence-corrected chi connectivity index (χ0v) is 19.2. The Morgan fingerprint density at radius 1 is 1.14 bits per heavy atom. The van der Waals surface area contributed by atoms with Crippen LogP contribution in [0.2, 0.25) is 0 Å². The van der Waals surface area contributed by atoms with E-state index < -0.39 is 11.0 Å². The summed E-state index contributed by atoms with van der Waals surface area (Å²) in [6.07, 6.45) is 1.70. The smallest absolute Gasteiger partial charge is 0.273 e. The molecule has 35 heavy (non-hydrogen) atoms. The normalized spacial score (nSPS) is 17.3. The van der Waals surface area contributed by atoms with Crippen molar-refractivity contribution in [2.24, 2.45) is 0 Å². The minimum Gasteiger partial charge on any atom is -0.496 e. The highest BCUT2D eigenvalue weighted by atomic mass is 32.1. The third kappa shape index (κ3) is 4.19. The quantitative estimate of drug-likeness (QED) is 0.213. The van der Waals surface area contributed by atoms with Gasteiger partial charge in [0.15, 0.2) is 5.11 Å². The van der Waals surface area contributed by atoms with Crippen LogP contribution in [0.4, 0.5) is 15.8 Å². The van der Waals surface area contributed by atoms with Gasteiger partial charge < -0.3 is 19.4 Å². The lowest BCUT2D eigenvalue weighted by Crippen LogP contribution is -2.29. The Balaban J connectivity index is 1.59. The van der Waals surface area contributed by atoms with E-state index >= 15 is 0 Å². The van der Waals surface area contributed by atoms with Crippen molar-refractivity contribution < 1.29 is 18.5 Å². The molecule has 3 heterocycles. The predicted octanol–water partition coefficient (Wildman–Crippen LogP) is 5.57. The van der Waals surface area contributed by atoms with Crippen LogP contribution in [-0.4, -0.2) is 22.1 Å². The number of aromatic nitrogens is 1. The second-order valence-corrected chi connectivity index (χ2v) is 8.20. The third-order valence-electron chi connectivity index (χ3n) is 5.78. The largest absolute Gasteiger partial charge is 0.496 e. The molecule has 0 bridgehead atoms. The Bertz CT molecular complexity index is 1390. The minimum atomic E-state index is -0.483. The summed E-state index contributed by atoms with van der Waals surface area (Å²) in [6, 6.07) is 18.8. The average molecular weight is 491 g/mol. The Labute approximate surface area is 205 Å². The number of methoxy groups -OCH3 is 1. The van der Waals surface area contributed by atoms with Gasteiger partial charge in [0.05, 0.1) is 35.4 Å². The van der Waals surface area contributed by atoms with Crippen LogP contribution in [0.5, 0.6) is 5.75 Å². The molecular formula is C25H19FN4O4S. The molecule has 1 aliphatic rings. The van der Waals surface area contributed by atoms with Gasteiger partial charge in [-0.05, 0) is 66.8 Å². The fourth-order valence-electron chi connectivity index (χ4n) is 4.18. The maximum Gasteiger partial charge on any atom is 0.273 e. The molecule has 5 rings (SSSR count). The third-order valence-corrected chi connectivity index (χ3v) is 6.10. The fourth-order valence-corrected chi connectivity index (χ4v) is 4.52. The molecule has 10 heteroatoms. The van der Waals surface area contributed by atoms with Crippen LogP contribution in [0.25, 0.3) is 11.3 Å². The van der Waals surface area contributed by atoms with E-state index in [1.54, 1.807) is 30.5 Å². The van der Waals surface area contributed by atoms with E-state index in [-0.39, 0.29) is 17.5 Å². The highest BCUT2D eigenvalue weighted by molar-refractivity contribution is 7.80. The summed E-state index contributed by atoms with van der Waals surface area (Å²) in [5, 5.41) is 14.9. The predicted molar refractivity (Wildman–Crippen MR) is 132 cm³/mol. The van der Waals surface area contributed by atoms with Crippen LogP contribution < -0.4 is 15.0 Å². The lowest BCUT2D eigenvalue weighted by molar-refractivity contribution is -0.384. The first-order valence-corrected chi connectivity index (χ1v) is 11.1. The van der Waals surface area contributed by atoms with Gasteiger partial charge in [-0.3, -0.25) is 15.1 Å². The first-order valence-electron chi connectivity index (χ1n) is 10.6. The van der Waals surface area contributed by atoms with E-state index in [4.69, 9.17) is 21.4 Å². The number of pyridine rings is 1. The number of nitrogens with one attached hydrogen (secondary N) is 1. The summed E-state index contributed by atoms with van der Waals surface area (Å²) in [5.74, 6) is 1.02. The maximum absolute atomic E-state index is 13.6. The molecule has 1 aliphatic heterocycles. The van der Waals surface area contributed by atoms with Crippen molar-refractivity contribution in [3.63, 3.8) is 0 Å². The summed E-state index contributed by atoms with van der Waals surface area (Å²) in [6.45, 7) is 0. The van der Waals surface area contributed by atoms with E-state index in [0.29, 0.717) is 33.6 Å². The summed E-state index contributed by atoms with van der Waals surface area (Å²) in [7, 11) is 1.44. The van der Waals surface area contributed by atoms with Crippen LogP contribution in [0.3, 0.4) is 0 Å². The monoisotopic (exact) mass is 490 g/mol. The molecule has 4 aromatic rings. The highest BCUT2D eigenvalue weighted by Crippen LogP contribution is 2.44. The van der Waals surface area contributed by atoms with Crippen molar-refractivity contribution in [2.45, 2.75) is 12.1 Å². The van der Waals surface area contributed by atoms with Gasteiger partial charge in [-0.15, -0.1) is 0 Å². The van der Waals surface area contributed by atoms with Gasteiger partial charge in [-0.1, -0.05) is 6.07 Å². The molecule has 0 amide bonds. The van der Waals surface area contributed by atoms with Crippen LogP contribution in [0.15, 0.2) is 83.4 Å². The number of nitrogens with zero attached hydrogens (tertiary/aromatic N) is 3. The van der Waals surface area contributed by atoms with Crippen molar-refractivity contribution in [3.05, 3.63) is 106 Å². The summed E-state index contributed by atoms with van der Waals surface area (Å²) >= 11 is 5.66. The van der Waals surface area contributed by atoms with Gasteiger partial charge in [-0.2, -0.15) is 0 Å². The number of halogens is 1. The van der Waals surface area contributed by atoms with Gasteiger partial charge in [-0.25, -0.2) is 4.39 Å². The number of hydrogen-bond donors (Lipinski definition) is 1. The first-order chi connectivity index (χ1) is 17.0. The van der Waals surface area contributed by atoms with Crippen molar-refractivity contribution >= 4 is 28.7 Å². The van der Waals surface area contributed by atoms with E-state index in [2.05, 4.69) is 10.3 Å². The van der Waals surface area contributed by atoms with Crippen LogP contribution in [0.1, 0.15) is 23.5 Å². The van der Waals surface area contributed by atoms with E-state index in [1.807, 2.05) is 29.2 Å². The number of rotatable bonds is 6. The van der Waals surface area contributed by atoms with Gasteiger partial charge in [0, 0.05) is 18.0 Å². The molecular weight excluding hydrogens is 471 g/mol. The molecule has 0 unspecified atom stereocenters. The Hall–Kier alpha value is -4.31. The molecule has 1 saturated heterocycles. The zero-order chi connectivity index (χ0) is 24.5. The fraction of sp³-hybridized carbons (Fsp3) is 0.120. The van der Waals surface area contributed by atoms with Crippen LogP contribution >= 0.6 is 12.2 Å². The van der Waals surface area contributed by atoms with E-state index in [0.717, 1.165) is 5.69 Å². The number of thiocarbonyl (C=S) groups is 1. The van der Waals surface area contributed by atoms with E-state index in [1.165, 1.54) is 31.4 Å². The van der Waals surface area contributed by atoms with Gasteiger partial charge in [0.2, 0.25) is 0 Å². The standard InChI is InChI=1S/C25H19FN4O4S/c1-33-22-14-17(30(31)32)9-10-18(22)20-11-12-21(34-20)24-23(19-4-2-3-13-27-19)28-25(35)29(24)16-7-5-15(26)6-8-16/h2-14,23-24H,1H3,(H,28,35)/t23-,24-/m1/s1. The van der Waals surface area contributed by atoms with Crippen molar-refractivity contribution in [1.82, 2.24) is 10.3 Å². The Morgan fingerprint density at radius 3 is 2.63 bits per heavy atom. The number of ether oxygens (including phenoxy) is 1. The number of nitro benzene ring substituents is 1. The summed E-state index contributed by atoms with van der Waals surface area (Å²) < 4.78 is 25.3. The Morgan fingerprint density at radius 2 is 1.94 bits per heavy atom. The summed E-state index contributed by atoms with van der Waals surface area (Å²) in [4.78, 5) is 17.0. The van der Waals surface area contributed by atoms with Gasteiger partial charge >= 0.3 is 0 Å². The second kappa shape index (κ2) is 9.15. The van der Waals surface area contributed by atoms with Crippen LogP contribution in [0, 0.1) is 15.9 Å². The molecule has 0 saturated carbocycles. The molecule has 8 nitrogen and oxygen atoms in total. The molecule has 0 spiro atoms. The zero-order valence-electron chi connectivity index (χ0n) is 18.4. The van der Waals surface area contributed by atoms with Crippen molar-refractivity contribution in [2.75, 3.05) is 12.0 Å². The molecule has 1 fully saturated rings. The topological polar surface area (TPSA) is 93.7 Å². The van der Waals surface area contributed by atoms with E-state index in [9.17, 15) is 14.5 Å². The lowest BCUT2D eigenvalue weighted by Gasteiger charge is -2.26.